The molecular formula is C8H9F3N2O4S. The third kappa shape index (κ3) is 10.8. The van der Waals surface area contributed by atoms with Crippen LogP contribution >= 0.6 is 11.8 Å². The van der Waals surface area contributed by atoms with Gasteiger partial charge >= 0.3 is 17.5 Å². The van der Waals surface area contributed by atoms with E-state index in [1.807, 2.05) is 5.32 Å². The summed E-state index contributed by atoms with van der Waals surface area (Å²) in [5, 5.41) is 11.9. The van der Waals surface area contributed by atoms with E-state index in [4.69, 9.17) is 5.11 Å². The van der Waals surface area contributed by atoms with Crippen LogP contribution in [0.5, 0.6) is 0 Å². The Kier molecular flexibility index (Phi) is 6.86. The molecule has 0 aliphatic heterocycles. The summed E-state index contributed by atoms with van der Waals surface area (Å²) in [5.41, 5.74) is -4.38. The number of carboxylic acids is 1. The highest BCUT2D eigenvalue weighted by Gasteiger charge is 2.27. The van der Waals surface area contributed by atoms with Gasteiger partial charge in [-0.15, -0.1) is 0 Å². The summed E-state index contributed by atoms with van der Waals surface area (Å²) >= 11 is -0.311. The lowest BCUT2D eigenvalue weighted by Gasteiger charge is -2.06. The Morgan fingerprint density at radius 3 is 2.33 bits per heavy atom. The molecule has 0 aliphatic carbocycles. The molecule has 0 aromatic carbocycles. The number of carboxylic acid groups (broad SMARTS) is 1. The Balaban J connectivity index is 3.78. The number of alkyl halides is 3. The minimum Gasteiger partial charge on any atom is -0.478 e. The summed E-state index contributed by atoms with van der Waals surface area (Å²) < 4.78 is 35.0. The number of aliphatic carboxylic acids is 1. The zero-order valence-corrected chi connectivity index (χ0v) is 9.60. The van der Waals surface area contributed by atoms with Crippen LogP contribution in [0.4, 0.5) is 18.0 Å². The number of rotatable bonds is 5. The molecule has 0 rings (SSSR count). The van der Waals surface area contributed by atoms with Crippen molar-refractivity contribution in [2.75, 3.05) is 12.3 Å². The lowest BCUT2D eigenvalue weighted by molar-refractivity contribution is -0.131. The highest BCUT2D eigenvalue weighted by Crippen LogP contribution is 2.29. The Morgan fingerprint density at radius 2 is 1.83 bits per heavy atom. The summed E-state index contributed by atoms with van der Waals surface area (Å²) in [7, 11) is 0. The maximum atomic E-state index is 11.7. The van der Waals surface area contributed by atoms with Crippen molar-refractivity contribution >= 4 is 29.7 Å². The van der Waals surface area contributed by atoms with Gasteiger partial charge in [0.15, 0.2) is 0 Å². The third-order valence-corrected chi connectivity index (χ3v) is 2.00. The van der Waals surface area contributed by atoms with E-state index in [-0.39, 0.29) is 18.3 Å². The van der Waals surface area contributed by atoms with Crippen molar-refractivity contribution in [3.8, 4) is 0 Å². The second kappa shape index (κ2) is 7.58. The highest BCUT2D eigenvalue weighted by molar-refractivity contribution is 8.00. The number of hydrogen-bond acceptors (Lipinski definition) is 4. The average molecular weight is 286 g/mol. The molecule has 0 saturated heterocycles. The number of halogens is 3. The van der Waals surface area contributed by atoms with Crippen LogP contribution in [0.15, 0.2) is 12.2 Å². The molecule has 0 spiro atoms. The van der Waals surface area contributed by atoms with Crippen LogP contribution in [-0.2, 0) is 9.59 Å². The molecule has 3 amide bonds. The van der Waals surface area contributed by atoms with Gasteiger partial charge in [0.2, 0.25) is 0 Å². The smallest absolute Gasteiger partial charge is 0.441 e. The Hall–Kier alpha value is -1.71. The van der Waals surface area contributed by atoms with Crippen LogP contribution in [0, 0.1) is 0 Å². The van der Waals surface area contributed by atoms with Gasteiger partial charge in [0, 0.05) is 24.4 Å². The summed E-state index contributed by atoms with van der Waals surface area (Å²) in [6, 6.07) is -1.00. The minimum absolute atomic E-state index is 0.286. The summed E-state index contributed by atoms with van der Waals surface area (Å²) in [5.74, 6) is -2.75. The van der Waals surface area contributed by atoms with Crippen molar-refractivity contribution in [2.24, 2.45) is 0 Å². The van der Waals surface area contributed by atoms with Crippen molar-refractivity contribution in [3.05, 3.63) is 12.2 Å². The highest BCUT2D eigenvalue weighted by atomic mass is 32.2. The quantitative estimate of drug-likeness (QED) is 0.511. The first-order valence-corrected chi connectivity index (χ1v) is 5.40. The molecule has 0 aromatic rings. The maximum absolute atomic E-state index is 11.7. The van der Waals surface area contributed by atoms with Crippen molar-refractivity contribution < 1.29 is 32.7 Å². The van der Waals surface area contributed by atoms with E-state index in [9.17, 15) is 27.6 Å². The van der Waals surface area contributed by atoms with E-state index < -0.39 is 29.2 Å². The van der Waals surface area contributed by atoms with E-state index in [0.29, 0.717) is 12.2 Å². The van der Waals surface area contributed by atoms with E-state index in [1.165, 1.54) is 0 Å². The number of carbonyl (C=O) groups excluding carboxylic acids is 2. The number of nitrogens with one attached hydrogen (secondary N) is 2. The molecule has 3 N–H and O–H groups in total. The molecule has 0 aliphatic rings. The van der Waals surface area contributed by atoms with Crippen molar-refractivity contribution in [1.82, 2.24) is 10.6 Å². The second-order valence-electron chi connectivity index (χ2n) is 2.71. The van der Waals surface area contributed by atoms with Crippen LogP contribution in [0.1, 0.15) is 0 Å². The fraction of sp³-hybridized carbons (Fsp3) is 0.375. The Morgan fingerprint density at radius 1 is 1.22 bits per heavy atom. The van der Waals surface area contributed by atoms with Gasteiger partial charge in [-0.2, -0.15) is 13.2 Å². The van der Waals surface area contributed by atoms with Gasteiger partial charge in [-0.25, -0.2) is 9.59 Å². The first-order chi connectivity index (χ1) is 8.20. The molecule has 0 radical (unpaired) electrons. The van der Waals surface area contributed by atoms with Gasteiger partial charge in [-0.05, 0) is 11.8 Å². The number of imide groups is 1. The van der Waals surface area contributed by atoms with E-state index in [2.05, 4.69) is 0 Å². The molecule has 10 heteroatoms. The zero-order chi connectivity index (χ0) is 14.2. The number of amides is 3. The van der Waals surface area contributed by atoms with Gasteiger partial charge < -0.3 is 10.4 Å². The fourth-order valence-electron chi connectivity index (χ4n) is 0.676. The van der Waals surface area contributed by atoms with Crippen LogP contribution in [0.2, 0.25) is 0 Å². The maximum Gasteiger partial charge on any atom is 0.441 e. The monoisotopic (exact) mass is 286 g/mol. The lowest BCUT2D eigenvalue weighted by Crippen LogP contribution is -2.39. The largest absolute Gasteiger partial charge is 0.478 e. The van der Waals surface area contributed by atoms with Crippen LogP contribution in [-0.4, -0.2) is 40.8 Å². The average Bonchev–Trinajstić information content (AvgIpc) is 2.20. The first kappa shape index (κ1) is 16.3. The Bertz CT molecular complexity index is 357. The number of carbonyl (C=O) groups is 3. The number of hydrogen-bond donors (Lipinski definition) is 3. The molecule has 0 heterocycles. The van der Waals surface area contributed by atoms with Crippen LogP contribution < -0.4 is 10.6 Å². The summed E-state index contributed by atoms with van der Waals surface area (Å²) in [6.07, 6.45) is 1.12. The van der Waals surface area contributed by atoms with Crippen molar-refractivity contribution in [2.45, 2.75) is 5.51 Å². The molecule has 18 heavy (non-hydrogen) atoms. The van der Waals surface area contributed by atoms with Gasteiger partial charge in [0.1, 0.15) is 0 Å². The van der Waals surface area contributed by atoms with Crippen molar-refractivity contribution in [1.29, 1.82) is 0 Å². The standard InChI is InChI=1S/C8H9F3N2O4S/c9-8(10,11)18-4-3-12-7(17)13-5(14)1-2-6(15)16/h1-2H,3-4H2,(H,15,16)(H2,12,13,14,17)/b2-1+. The normalized spacial score (nSPS) is 11.3. The molecule has 0 unspecified atom stereocenters. The van der Waals surface area contributed by atoms with Gasteiger partial charge in [-0.3, -0.25) is 10.1 Å². The van der Waals surface area contributed by atoms with Gasteiger partial charge in [0.05, 0.1) is 0 Å². The molecule has 0 atom stereocenters. The van der Waals surface area contributed by atoms with E-state index in [0.717, 1.165) is 0 Å². The third-order valence-electron chi connectivity index (χ3n) is 1.27. The first-order valence-electron chi connectivity index (χ1n) is 4.41. The zero-order valence-electron chi connectivity index (χ0n) is 8.78. The molecular weight excluding hydrogens is 277 g/mol. The van der Waals surface area contributed by atoms with Crippen LogP contribution in [0.25, 0.3) is 0 Å². The SMILES string of the molecule is O=C(O)/C=C/C(=O)NC(=O)NCCSC(F)(F)F. The molecule has 6 nitrogen and oxygen atoms in total. The summed E-state index contributed by atoms with van der Waals surface area (Å²) in [4.78, 5) is 31.8. The molecule has 0 saturated carbocycles. The predicted octanol–water partition coefficient (Wildman–Crippen LogP) is 0.706. The number of urea groups is 1. The van der Waals surface area contributed by atoms with Gasteiger partial charge in [-0.1, -0.05) is 0 Å². The fourth-order valence-corrected chi connectivity index (χ4v) is 1.11. The molecule has 0 aromatic heterocycles. The van der Waals surface area contributed by atoms with E-state index >= 15 is 0 Å². The summed E-state index contributed by atoms with van der Waals surface area (Å²) in [6.45, 7) is -0.286. The van der Waals surface area contributed by atoms with Crippen LogP contribution in [0.3, 0.4) is 0 Å². The molecule has 102 valence electrons. The molecule has 0 bridgehead atoms. The second-order valence-corrected chi connectivity index (χ2v) is 3.87. The van der Waals surface area contributed by atoms with E-state index in [1.54, 1.807) is 5.32 Å². The number of thioether (sulfide) groups is 1. The van der Waals surface area contributed by atoms with Gasteiger partial charge in [0.25, 0.3) is 5.91 Å². The predicted molar refractivity (Wildman–Crippen MR) is 56.8 cm³/mol. The molecule has 0 fully saturated rings. The minimum atomic E-state index is -4.38. The Labute approximate surface area is 104 Å². The lowest BCUT2D eigenvalue weighted by atomic mass is 10.5. The van der Waals surface area contributed by atoms with Crippen molar-refractivity contribution in [3.63, 3.8) is 0 Å². The topological polar surface area (TPSA) is 95.5 Å².